The first-order chi connectivity index (χ1) is 7.63. The quantitative estimate of drug-likeness (QED) is 0.734. The van der Waals surface area contributed by atoms with Crippen LogP contribution in [0.5, 0.6) is 0 Å². The van der Waals surface area contributed by atoms with Gasteiger partial charge in [-0.25, -0.2) is 9.97 Å². The highest BCUT2D eigenvalue weighted by Crippen LogP contribution is 2.08. The first kappa shape index (κ1) is 12.8. The van der Waals surface area contributed by atoms with Crippen LogP contribution in [0, 0.1) is 0 Å². The van der Waals surface area contributed by atoms with Crippen molar-refractivity contribution < 1.29 is 9.53 Å². The lowest BCUT2D eigenvalue weighted by Crippen LogP contribution is -2.36. The van der Waals surface area contributed by atoms with Crippen molar-refractivity contribution in [3.63, 3.8) is 0 Å². The smallest absolute Gasteiger partial charge is 0.242 e. The van der Waals surface area contributed by atoms with Crippen LogP contribution in [-0.2, 0) is 9.53 Å². The molecule has 0 aliphatic carbocycles. The molecule has 0 fully saturated rings. The average Bonchev–Trinajstić information content (AvgIpc) is 2.25. The van der Waals surface area contributed by atoms with Gasteiger partial charge >= 0.3 is 0 Å². The summed E-state index contributed by atoms with van der Waals surface area (Å²) in [6, 6.07) is 0.816. The van der Waals surface area contributed by atoms with Crippen molar-refractivity contribution in [1.29, 1.82) is 0 Å². The molecule has 1 aromatic heterocycles. The maximum Gasteiger partial charge on any atom is 0.242 e. The van der Waals surface area contributed by atoms with Gasteiger partial charge in [-0.2, -0.15) is 0 Å². The molecule has 0 bridgehead atoms. The summed E-state index contributed by atoms with van der Waals surface area (Å²) in [6.45, 7) is 0.430. The lowest BCUT2D eigenvalue weighted by atomic mass is 10.2. The Balaban J connectivity index is 2.50. The van der Waals surface area contributed by atoms with Crippen molar-refractivity contribution in [3.8, 4) is 0 Å². The zero-order valence-corrected chi connectivity index (χ0v) is 9.57. The van der Waals surface area contributed by atoms with Crippen LogP contribution in [0.15, 0.2) is 12.4 Å². The van der Waals surface area contributed by atoms with Crippen LogP contribution in [-0.4, -0.2) is 35.6 Å². The number of amides is 1. The Labute approximate surface area is 98.2 Å². The van der Waals surface area contributed by atoms with Crippen molar-refractivity contribution in [2.45, 2.75) is 12.5 Å². The highest BCUT2D eigenvalue weighted by molar-refractivity contribution is 6.29. The van der Waals surface area contributed by atoms with Gasteiger partial charge in [-0.05, 0) is 6.42 Å². The first-order valence-corrected chi connectivity index (χ1v) is 5.04. The molecule has 0 aliphatic heterocycles. The molecule has 0 saturated carbocycles. The van der Waals surface area contributed by atoms with Crippen molar-refractivity contribution in [2.24, 2.45) is 5.73 Å². The predicted octanol–water partition coefficient (Wildman–Crippen LogP) is 0.432. The summed E-state index contributed by atoms with van der Waals surface area (Å²) in [6.07, 6.45) is 1.71. The maximum absolute atomic E-state index is 11.5. The van der Waals surface area contributed by atoms with Gasteiger partial charge in [0.1, 0.15) is 17.3 Å². The lowest BCUT2D eigenvalue weighted by Gasteiger charge is -2.10. The Morgan fingerprint density at radius 1 is 1.69 bits per heavy atom. The van der Waals surface area contributed by atoms with Crippen LogP contribution >= 0.6 is 11.6 Å². The molecule has 0 spiro atoms. The van der Waals surface area contributed by atoms with Crippen molar-refractivity contribution in [1.82, 2.24) is 9.97 Å². The number of carbonyl (C=O) groups excluding carboxylic acids is 1. The number of anilines is 1. The molecule has 0 radical (unpaired) electrons. The van der Waals surface area contributed by atoms with E-state index in [2.05, 4.69) is 15.3 Å². The number of hydrogen-bond acceptors (Lipinski definition) is 5. The Kier molecular flexibility index (Phi) is 5.10. The van der Waals surface area contributed by atoms with Crippen LogP contribution in [0.1, 0.15) is 6.42 Å². The molecule has 6 nitrogen and oxygen atoms in total. The molecule has 1 rings (SSSR count). The molecule has 16 heavy (non-hydrogen) atoms. The van der Waals surface area contributed by atoms with E-state index in [-0.39, 0.29) is 11.1 Å². The number of halogens is 1. The zero-order valence-electron chi connectivity index (χ0n) is 8.81. The second kappa shape index (κ2) is 6.37. The molecule has 1 heterocycles. The van der Waals surface area contributed by atoms with Gasteiger partial charge in [0.25, 0.3) is 0 Å². The highest BCUT2D eigenvalue weighted by Gasteiger charge is 2.13. The fourth-order valence-electron chi connectivity index (χ4n) is 0.997. The van der Waals surface area contributed by atoms with Crippen molar-refractivity contribution in [3.05, 3.63) is 17.5 Å². The topological polar surface area (TPSA) is 90.1 Å². The summed E-state index contributed by atoms with van der Waals surface area (Å²) in [5.74, 6) is 0.00434. The van der Waals surface area contributed by atoms with Gasteiger partial charge in [0, 0.05) is 19.8 Å². The summed E-state index contributed by atoms with van der Waals surface area (Å²) in [5.41, 5.74) is 5.62. The Hall–Kier alpha value is -1.24. The highest BCUT2D eigenvalue weighted by atomic mass is 35.5. The van der Waals surface area contributed by atoms with E-state index in [1.54, 1.807) is 7.11 Å². The maximum atomic E-state index is 11.5. The van der Waals surface area contributed by atoms with Gasteiger partial charge in [-0.1, -0.05) is 11.6 Å². The largest absolute Gasteiger partial charge is 0.385 e. The molecule has 0 aliphatic rings. The summed E-state index contributed by atoms with van der Waals surface area (Å²) in [4.78, 5) is 19.1. The number of nitrogens with two attached hydrogens (primary N) is 1. The van der Waals surface area contributed by atoms with Gasteiger partial charge in [-0.3, -0.25) is 4.79 Å². The fraction of sp³-hybridized carbons (Fsp3) is 0.444. The van der Waals surface area contributed by atoms with Crippen LogP contribution in [0.2, 0.25) is 5.15 Å². The number of nitrogens with one attached hydrogen (secondary N) is 1. The van der Waals surface area contributed by atoms with Gasteiger partial charge < -0.3 is 15.8 Å². The Bertz CT molecular complexity index is 361. The lowest BCUT2D eigenvalue weighted by molar-refractivity contribution is -0.117. The molecule has 1 atom stereocenters. The molecular weight excluding hydrogens is 232 g/mol. The van der Waals surface area contributed by atoms with E-state index < -0.39 is 6.04 Å². The Morgan fingerprint density at radius 3 is 3.06 bits per heavy atom. The zero-order chi connectivity index (χ0) is 12.0. The number of carbonyl (C=O) groups is 1. The molecule has 1 unspecified atom stereocenters. The summed E-state index contributed by atoms with van der Waals surface area (Å²) < 4.78 is 4.83. The molecule has 1 amide bonds. The summed E-state index contributed by atoms with van der Waals surface area (Å²) >= 11 is 5.64. The molecule has 0 aromatic carbocycles. The van der Waals surface area contributed by atoms with Crippen LogP contribution < -0.4 is 11.1 Å². The van der Waals surface area contributed by atoms with Crippen molar-refractivity contribution in [2.75, 3.05) is 19.0 Å². The molecule has 7 heteroatoms. The predicted molar refractivity (Wildman–Crippen MR) is 60.1 cm³/mol. The van der Waals surface area contributed by atoms with E-state index in [1.165, 1.54) is 12.4 Å². The number of ether oxygens (including phenoxy) is 1. The van der Waals surface area contributed by atoms with E-state index in [0.29, 0.717) is 18.8 Å². The van der Waals surface area contributed by atoms with E-state index in [9.17, 15) is 4.79 Å². The molecule has 3 N–H and O–H groups in total. The monoisotopic (exact) mass is 244 g/mol. The standard InChI is InChI=1S/C9H13ClN4O2/c1-16-3-2-6(11)9(15)14-8-4-7(10)12-5-13-8/h4-6H,2-3,11H2,1H3,(H,12,13,14,15). The second-order valence-corrected chi connectivity index (χ2v) is 3.49. The van der Waals surface area contributed by atoms with Gasteiger partial charge in [0.15, 0.2) is 0 Å². The summed E-state index contributed by atoms with van der Waals surface area (Å²) in [5, 5.41) is 2.80. The number of aromatic nitrogens is 2. The van der Waals surface area contributed by atoms with Crippen LogP contribution in [0.4, 0.5) is 5.82 Å². The van der Waals surface area contributed by atoms with E-state index in [1.807, 2.05) is 0 Å². The number of rotatable bonds is 5. The number of methoxy groups -OCH3 is 1. The summed E-state index contributed by atoms with van der Waals surface area (Å²) in [7, 11) is 1.55. The number of nitrogens with zero attached hydrogens (tertiary/aromatic N) is 2. The first-order valence-electron chi connectivity index (χ1n) is 4.66. The molecule has 88 valence electrons. The average molecular weight is 245 g/mol. The van der Waals surface area contributed by atoms with Crippen LogP contribution in [0.25, 0.3) is 0 Å². The van der Waals surface area contributed by atoms with E-state index in [0.717, 1.165) is 0 Å². The SMILES string of the molecule is COCCC(N)C(=O)Nc1cc(Cl)ncn1. The normalized spacial score (nSPS) is 12.2. The molecule has 1 aromatic rings. The van der Waals surface area contributed by atoms with E-state index in [4.69, 9.17) is 22.1 Å². The molecule has 0 saturated heterocycles. The Morgan fingerprint density at radius 2 is 2.44 bits per heavy atom. The number of hydrogen-bond donors (Lipinski definition) is 2. The minimum absolute atomic E-state index is 0.260. The minimum atomic E-state index is -0.631. The minimum Gasteiger partial charge on any atom is -0.385 e. The third-order valence-electron chi connectivity index (χ3n) is 1.85. The second-order valence-electron chi connectivity index (χ2n) is 3.10. The van der Waals surface area contributed by atoms with Crippen molar-refractivity contribution >= 4 is 23.3 Å². The van der Waals surface area contributed by atoms with Crippen LogP contribution in [0.3, 0.4) is 0 Å². The third-order valence-corrected chi connectivity index (χ3v) is 2.06. The van der Waals surface area contributed by atoms with Gasteiger partial charge in [0.05, 0.1) is 6.04 Å². The third kappa shape index (κ3) is 4.09. The van der Waals surface area contributed by atoms with E-state index >= 15 is 0 Å². The van der Waals surface area contributed by atoms with Gasteiger partial charge in [-0.15, -0.1) is 0 Å². The van der Waals surface area contributed by atoms with Gasteiger partial charge in [0.2, 0.25) is 5.91 Å². The fourth-order valence-corrected chi connectivity index (χ4v) is 1.14. The molecular formula is C9H13ClN4O2.